The highest BCUT2D eigenvalue weighted by molar-refractivity contribution is 7.17. The first-order valence-corrected chi connectivity index (χ1v) is 17.8. The Kier molecular flexibility index (Phi) is 9.05. The van der Waals surface area contributed by atoms with Crippen LogP contribution in [0.5, 0.6) is 6.01 Å². The fourth-order valence-corrected chi connectivity index (χ4v) is 9.17. The van der Waals surface area contributed by atoms with Crippen molar-refractivity contribution in [2.75, 3.05) is 69.0 Å². The summed E-state index contributed by atoms with van der Waals surface area (Å²) in [6.07, 6.45) is 3.19. The first kappa shape index (κ1) is 34.0. The Morgan fingerprint density at radius 3 is 2.62 bits per heavy atom. The third-order valence-electron chi connectivity index (χ3n) is 10.3. The monoisotopic (exact) mass is 721 g/mol. The van der Waals surface area contributed by atoms with Crippen LogP contribution in [-0.2, 0) is 13.1 Å². The Morgan fingerprint density at radius 2 is 1.90 bits per heavy atom. The lowest BCUT2D eigenvalue weighted by atomic mass is 9.95. The summed E-state index contributed by atoms with van der Waals surface area (Å²) in [6, 6.07) is 4.57. The van der Waals surface area contributed by atoms with Gasteiger partial charge in [0.05, 0.1) is 33.2 Å². The number of alkyl halides is 1. The molecule has 262 valence electrons. The van der Waals surface area contributed by atoms with Gasteiger partial charge in [0, 0.05) is 59.2 Å². The van der Waals surface area contributed by atoms with E-state index in [1.54, 1.807) is 18.8 Å². The van der Waals surface area contributed by atoms with Gasteiger partial charge in [0.2, 0.25) is 0 Å². The molecule has 3 atom stereocenters. The zero-order chi connectivity index (χ0) is 35.3. The molecular weight excluding hydrogens is 685 g/mol. The van der Waals surface area contributed by atoms with Crippen LogP contribution in [0.2, 0.25) is 5.02 Å². The number of nitrogens with zero attached hydrogens (tertiary/aromatic N) is 10. The predicted molar refractivity (Wildman–Crippen MR) is 185 cm³/mol. The number of nitrogens with two attached hydrogens (primary N) is 1. The van der Waals surface area contributed by atoms with E-state index in [-0.39, 0.29) is 47.3 Å². The van der Waals surface area contributed by atoms with Crippen molar-refractivity contribution in [3.8, 4) is 18.1 Å². The molecule has 0 aromatic carbocycles. The molecule has 0 saturated carbocycles. The first-order chi connectivity index (χ1) is 24.1. The summed E-state index contributed by atoms with van der Waals surface area (Å²) in [4.78, 5) is 42.3. The molecule has 0 spiro atoms. The number of amides is 1. The van der Waals surface area contributed by atoms with Crippen molar-refractivity contribution in [1.82, 2.24) is 29.5 Å². The minimum atomic E-state index is -0.926. The maximum absolute atomic E-state index is 14.6. The van der Waals surface area contributed by atoms with Gasteiger partial charge in [-0.15, -0.1) is 11.3 Å². The third-order valence-corrected chi connectivity index (χ3v) is 11.7. The number of hydrogen-bond acceptors (Lipinski definition) is 13. The fourth-order valence-electron chi connectivity index (χ4n) is 7.98. The molecule has 4 aliphatic heterocycles. The fraction of sp³-hybridized carbons (Fsp3) is 0.545. The van der Waals surface area contributed by atoms with Crippen LogP contribution in [0, 0.1) is 22.7 Å². The highest BCUT2D eigenvalue weighted by Gasteiger charge is 2.49. The maximum Gasteiger partial charge on any atom is 0.320 e. The topological polar surface area (TPSA) is 174 Å². The van der Waals surface area contributed by atoms with E-state index in [0.717, 1.165) is 37.0 Å². The molecule has 17 heteroatoms. The molecule has 3 fully saturated rings. The van der Waals surface area contributed by atoms with Gasteiger partial charge in [-0.3, -0.25) is 19.2 Å². The van der Waals surface area contributed by atoms with Gasteiger partial charge in [-0.2, -0.15) is 25.6 Å². The zero-order valence-electron chi connectivity index (χ0n) is 27.9. The molecule has 7 rings (SSSR count). The van der Waals surface area contributed by atoms with Crippen LogP contribution in [0.15, 0.2) is 0 Å². The molecule has 14 nitrogen and oxygen atoms in total. The second-order valence-corrected chi connectivity index (χ2v) is 15.1. The summed E-state index contributed by atoms with van der Waals surface area (Å²) in [5.74, 6) is 0.213. The Morgan fingerprint density at radius 1 is 1.14 bits per heavy atom. The van der Waals surface area contributed by atoms with Crippen LogP contribution in [0.25, 0.3) is 0 Å². The number of carbonyl (C=O) groups excluding carboxylic acids is 2. The largest absolute Gasteiger partial charge is 0.461 e. The normalized spacial score (nSPS) is 23.2. The van der Waals surface area contributed by atoms with Gasteiger partial charge >= 0.3 is 6.01 Å². The molecular formula is C33H37ClFN11O3S. The number of nitrogen functional groups attached to an aromatic ring is 1. The molecule has 2 N–H and O–H groups in total. The SMILES string of the molecule is CN(C)C(=O)c1nn2c(c1Cl)CN(c1nc(OC[C@@]34CCCN3C[C@H](F)C4)nc(N3CCC(c4c(C=O)sc(N)c4C#N)C3)c1C#N)CCC2. The first-order valence-electron chi connectivity index (χ1n) is 16.7. The van der Waals surface area contributed by atoms with Crippen molar-refractivity contribution < 1.29 is 18.7 Å². The zero-order valence-corrected chi connectivity index (χ0v) is 29.4. The van der Waals surface area contributed by atoms with Crippen molar-refractivity contribution in [3.63, 3.8) is 0 Å². The van der Waals surface area contributed by atoms with E-state index in [1.165, 1.54) is 4.90 Å². The lowest BCUT2D eigenvalue weighted by Crippen LogP contribution is -2.43. The van der Waals surface area contributed by atoms with Gasteiger partial charge in [-0.25, -0.2) is 4.39 Å². The number of hydrogen-bond donors (Lipinski definition) is 1. The van der Waals surface area contributed by atoms with E-state index < -0.39 is 11.7 Å². The number of halogens is 2. The Balaban J connectivity index is 1.27. The van der Waals surface area contributed by atoms with Gasteiger partial charge < -0.3 is 25.2 Å². The van der Waals surface area contributed by atoms with Gasteiger partial charge in [0.1, 0.15) is 35.5 Å². The number of nitriles is 2. The summed E-state index contributed by atoms with van der Waals surface area (Å²) in [5, 5.41) is 25.6. The van der Waals surface area contributed by atoms with Gasteiger partial charge in [-0.05, 0) is 37.8 Å². The van der Waals surface area contributed by atoms with E-state index in [4.69, 9.17) is 32.0 Å². The maximum atomic E-state index is 14.6. The molecule has 1 unspecified atom stereocenters. The average molecular weight is 722 g/mol. The van der Waals surface area contributed by atoms with Crippen molar-refractivity contribution in [2.24, 2.45) is 0 Å². The standard InChI is InChI=1S/C33H37ClFN11O3S/c1-42(2)31(48)27-26(34)23-16-43(7-4-9-46(23)41-27)29-22(13-37)30(40-32(39-29)49-18-33-6-3-8-45(33)15-20(35)11-33)44-10-5-19(14-44)25-21(12-36)28(38)50-24(25)17-47/h17,19-20H,3-11,14-16,18,38H2,1-2H3/t19?,20-,33+/m1/s1. The van der Waals surface area contributed by atoms with Crippen LogP contribution < -0.4 is 20.3 Å². The van der Waals surface area contributed by atoms with E-state index in [1.807, 2.05) is 9.80 Å². The van der Waals surface area contributed by atoms with Crippen molar-refractivity contribution in [2.45, 2.75) is 62.8 Å². The summed E-state index contributed by atoms with van der Waals surface area (Å²) in [6.45, 7) is 3.51. The minimum absolute atomic E-state index is 0.0689. The number of ether oxygens (including phenoxy) is 1. The van der Waals surface area contributed by atoms with Crippen LogP contribution in [0.4, 0.5) is 21.0 Å². The Bertz CT molecular complexity index is 1940. The van der Waals surface area contributed by atoms with Gasteiger partial charge in [-0.1, -0.05) is 11.6 Å². The van der Waals surface area contributed by atoms with Crippen molar-refractivity contribution in [3.05, 3.63) is 38.0 Å². The molecule has 3 aromatic rings. The van der Waals surface area contributed by atoms with Crippen LogP contribution in [0.3, 0.4) is 0 Å². The molecule has 3 saturated heterocycles. The number of aryl methyl sites for hydroxylation is 1. The number of rotatable bonds is 8. The molecule has 7 heterocycles. The molecule has 1 amide bonds. The lowest BCUT2D eigenvalue weighted by molar-refractivity contribution is 0.0821. The second kappa shape index (κ2) is 13.3. The molecule has 3 aromatic heterocycles. The van der Waals surface area contributed by atoms with E-state index in [2.05, 4.69) is 22.1 Å². The van der Waals surface area contributed by atoms with Crippen LogP contribution in [-0.4, -0.2) is 107 Å². The number of thiophene rings is 1. The van der Waals surface area contributed by atoms with Crippen molar-refractivity contribution >= 4 is 51.8 Å². The quantitative estimate of drug-likeness (QED) is 0.336. The lowest BCUT2D eigenvalue weighted by Gasteiger charge is -2.31. The number of carbonyl (C=O) groups is 2. The second-order valence-electron chi connectivity index (χ2n) is 13.6. The molecule has 0 bridgehead atoms. The van der Waals surface area contributed by atoms with E-state index in [9.17, 15) is 24.5 Å². The molecule has 0 radical (unpaired) electrons. The molecule has 4 aliphatic rings. The highest BCUT2D eigenvalue weighted by atomic mass is 35.5. The van der Waals surface area contributed by atoms with Crippen LogP contribution >= 0.6 is 22.9 Å². The number of anilines is 3. The number of aldehydes is 1. The average Bonchev–Trinajstić information content (AvgIpc) is 3.89. The minimum Gasteiger partial charge on any atom is -0.461 e. The summed E-state index contributed by atoms with van der Waals surface area (Å²) >= 11 is 7.88. The smallest absolute Gasteiger partial charge is 0.320 e. The predicted octanol–water partition coefficient (Wildman–Crippen LogP) is 3.59. The number of fused-ring (bicyclic) bond motifs is 2. The number of aromatic nitrogens is 4. The Labute approximate surface area is 297 Å². The molecule has 50 heavy (non-hydrogen) atoms. The molecule has 0 aliphatic carbocycles. The summed E-state index contributed by atoms with van der Waals surface area (Å²) < 4.78 is 22.7. The summed E-state index contributed by atoms with van der Waals surface area (Å²) in [7, 11) is 3.28. The Hall–Kier alpha value is -4.51. The third kappa shape index (κ3) is 5.79. The van der Waals surface area contributed by atoms with E-state index >= 15 is 0 Å². The highest BCUT2D eigenvalue weighted by Crippen LogP contribution is 2.43. The van der Waals surface area contributed by atoms with Gasteiger partial charge in [0.25, 0.3) is 5.91 Å². The van der Waals surface area contributed by atoms with Crippen LogP contribution in [0.1, 0.15) is 80.6 Å². The van der Waals surface area contributed by atoms with Gasteiger partial charge in [0.15, 0.2) is 23.6 Å². The summed E-state index contributed by atoms with van der Waals surface area (Å²) in [5.41, 5.74) is 7.62. The van der Waals surface area contributed by atoms with E-state index in [0.29, 0.717) is 90.3 Å². The van der Waals surface area contributed by atoms with Crippen molar-refractivity contribution in [1.29, 1.82) is 10.5 Å².